The van der Waals surface area contributed by atoms with Gasteiger partial charge < -0.3 is 10.4 Å². The van der Waals surface area contributed by atoms with Gasteiger partial charge in [0.1, 0.15) is 10.7 Å². The Morgan fingerprint density at radius 3 is 2.40 bits per heavy atom. The summed E-state index contributed by atoms with van der Waals surface area (Å²) < 4.78 is 13.4. The lowest BCUT2D eigenvalue weighted by Gasteiger charge is -2.15. The molecule has 0 saturated carbocycles. The number of aromatic nitrogens is 1. The standard InChI is InChI=1S/C18H21FN2O3S/c1-9-8-11(6-7-12(9)19)13(16(23)24)21-15(22)14-10(2)20-17(25-14)18(3,4)5/h6-8,13H,1-5H3,(H,21,22)(H,23,24). The van der Waals surface area contributed by atoms with Crippen LogP contribution in [0.2, 0.25) is 0 Å². The van der Waals surface area contributed by atoms with Crippen LogP contribution in [0.5, 0.6) is 0 Å². The van der Waals surface area contributed by atoms with E-state index in [2.05, 4.69) is 10.3 Å². The number of thiazole rings is 1. The summed E-state index contributed by atoms with van der Waals surface area (Å²) in [6.07, 6.45) is 0. The third-order valence-electron chi connectivity index (χ3n) is 3.68. The second-order valence-electron chi connectivity index (χ2n) is 6.94. The first-order valence-electron chi connectivity index (χ1n) is 7.78. The van der Waals surface area contributed by atoms with Crippen LogP contribution in [0.4, 0.5) is 4.39 Å². The molecule has 0 aliphatic rings. The Morgan fingerprint density at radius 1 is 1.28 bits per heavy atom. The van der Waals surface area contributed by atoms with Crippen LogP contribution in [-0.4, -0.2) is 22.0 Å². The smallest absolute Gasteiger partial charge is 0.330 e. The highest BCUT2D eigenvalue weighted by Gasteiger charge is 2.27. The van der Waals surface area contributed by atoms with Crippen molar-refractivity contribution in [3.63, 3.8) is 0 Å². The van der Waals surface area contributed by atoms with Crippen molar-refractivity contribution in [3.05, 3.63) is 50.7 Å². The molecule has 2 rings (SSSR count). The summed E-state index contributed by atoms with van der Waals surface area (Å²) in [6.45, 7) is 9.25. The largest absolute Gasteiger partial charge is 0.479 e. The Balaban J connectivity index is 2.31. The van der Waals surface area contributed by atoms with Gasteiger partial charge in [-0.15, -0.1) is 11.3 Å². The van der Waals surface area contributed by atoms with E-state index in [4.69, 9.17) is 0 Å². The molecule has 1 heterocycles. The van der Waals surface area contributed by atoms with E-state index in [0.29, 0.717) is 21.7 Å². The number of carbonyl (C=O) groups excluding carboxylic acids is 1. The molecule has 1 aromatic carbocycles. The zero-order valence-electron chi connectivity index (χ0n) is 14.8. The predicted octanol–water partition coefficient (Wildman–Crippen LogP) is 3.75. The topological polar surface area (TPSA) is 79.3 Å². The first-order valence-corrected chi connectivity index (χ1v) is 8.60. The van der Waals surface area contributed by atoms with Crippen molar-refractivity contribution in [2.24, 2.45) is 0 Å². The number of aryl methyl sites for hydroxylation is 2. The van der Waals surface area contributed by atoms with Crippen molar-refractivity contribution in [2.45, 2.75) is 46.1 Å². The van der Waals surface area contributed by atoms with Crippen molar-refractivity contribution in [2.75, 3.05) is 0 Å². The van der Waals surface area contributed by atoms with Gasteiger partial charge in [0.2, 0.25) is 0 Å². The van der Waals surface area contributed by atoms with Crippen LogP contribution in [0.1, 0.15) is 58.3 Å². The fourth-order valence-electron chi connectivity index (χ4n) is 2.26. The number of aliphatic carboxylic acids is 1. The fraction of sp³-hybridized carbons (Fsp3) is 0.389. The summed E-state index contributed by atoms with van der Waals surface area (Å²) in [5.41, 5.74) is 1.00. The van der Waals surface area contributed by atoms with Gasteiger partial charge in [-0.25, -0.2) is 14.2 Å². The van der Waals surface area contributed by atoms with Crippen molar-refractivity contribution < 1.29 is 19.1 Å². The lowest BCUT2D eigenvalue weighted by Crippen LogP contribution is -2.33. The average Bonchev–Trinajstić information content (AvgIpc) is 2.89. The summed E-state index contributed by atoms with van der Waals surface area (Å²) in [5, 5.41) is 12.8. The second kappa shape index (κ2) is 6.92. The van der Waals surface area contributed by atoms with Gasteiger partial charge in [-0.2, -0.15) is 0 Å². The number of carboxylic acids is 1. The molecule has 0 aliphatic carbocycles. The van der Waals surface area contributed by atoms with Crippen LogP contribution in [-0.2, 0) is 10.2 Å². The number of hydrogen-bond donors (Lipinski definition) is 2. The van der Waals surface area contributed by atoms with Crippen LogP contribution in [0.25, 0.3) is 0 Å². The fourth-order valence-corrected chi connectivity index (χ4v) is 3.29. The molecule has 0 bridgehead atoms. The molecule has 0 spiro atoms. The number of carbonyl (C=O) groups is 2. The maximum atomic E-state index is 13.4. The first-order chi connectivity index (χ1) is 11.5. The number of carboxylic acid groups (broad SMARTS) is 1. The van der Waals surface area contributed by atoms with Crippen molar-refractivity contribution >= 4 is 23.2 Å². The lowest BCUT2D eigenvalue weighted by atomic mass is 9.98. The van der Waals surface area contributed by atoms with E-state index in [1.165, 1.54) is 29.5 Å². The van der Waals surface area contributed by atoms with Crippen LogP contribution < -0.4 is 5.32 Å². The van der Waals surface area contributed by atoms with E-state index in [9.17, 15) is 19.1 Å². The van der Waals surface area contributed by atoms with E-state index in [1.54, 1.807) is 13.8 Å². The molecule has 25 heavy (non-hydrogen) atoms. The van der Waals surface area contributed by atoms with Gasteiger partial charge in [-0.05, 0) is 31.0 Å². The summed E-state index contributed by atoms with van der Waals surface area (Å²) in [6, 6.07) is 2.73. The van der Waals surface area contributed by atoms with Gasteiger partial charge in [0.05, 0.1) is 10.7 Å². The highest BCUT2D eigenvalue weighted by molar-refractivity contribution is 7.14. The van der Waals surface area contributed by atoms with E-state index in [-0.39, 0.29) is 5.41 Å². The molecule has 1 amide bonds. The van der Waals surface area contributed by atoms with Crippen LogP contribution in [0.15, 0.2) is 18.2 Å². The summed E-state index contributed by atoms with van der Waals surface area (Å²) >= 11 is 1.25. The van der Waals surface area contributed by atoms with Gasteiger partial charge >= 0.3 is 5.97 Å². The van der Waals surface area contributed by atoms with Gasteiger partial charge in [-0.3, -0.25) is 4.79 Å². The summed E-state index contributed by atoms with van der Waals surface area (Å²) in [7, 11) is 0. The molecule has 2 N–H and O–H groups in total. The monoisotopic (exact) mass is 364 g/mol. The second-order valence-corrected chi connectivity index (χ2v) is 7.94. The molecule has 0 radical (unpaired) electrons. The lowest BCUT2D eigenvalue weighted by molar-refractivity contribution is -0.139. The number of nitrogens with one attached hydrogen (secondary N) is 1. The molecule has 0 saturated heterocycles. The van der Waals surface area contributed by atoms with Gasteiger partial charge in [0.25, 0.3) is 5.91 Å². The van der Waals surface area contributed by atoms with Crippen molar-refractivity contribution in [1.82, 2.24) is 10.3 Å². The highest BCUT2D eigenvalue weighted by atomic mass is 32.1. The highest BCUT2D eigenvalue weighted by Crippen LogP contribution is 2.29. The van der Waals surface area contributed by atoms with Crippen molar-refractivity contribution in [3.8, 4) is 0 Å². The van der Waals surface area contributed by atoms with Gasteiger partial charge in [-0.1, -0.05) is 32.9 Å². The molecule has 7 heteroatoms. The van der Waals surface area contributed by atoms with Crippen LogP contribution in [0, 0.1) is 19.7 Å². The Hall–Kier alpha value is -2.28. The molecule has 1 unspecified atom stereocenters. The van der Waals surface area contributed by atoms with E-state index in [0.717, 1.165) is 5.01 Å². The minimum atomic E-state index is -1.26. The number of halogens is 1. The number of hydrogen-bond acceptors (Lipinski definition) is 4. The van der Waals surface area contributed by atoms with E-state index in [1.807, 2.05) is 20.8 Å². The Bertz CT molecular complexity index is 824. The SMILES string of the molecule is Cc1cc(C(NC(=O)c2sc(C(C)(C)C)nc2C)C(=O)O)ccc1F. The number of benzene rings is 1. The number of amides is 1. The van der Waals surface area contributed by atoms with Gasteiger partial charge in [0.15, 0.2) is 6.04 Å². The first kappa shape index (κ1) is 19.1. The normalized spacial score (nSPS) is 12.7. The number of rotatable bonds is 4. The van der Waals surface area contributed by atoms with E-state index >= 15 is 0 Å². The van der Waals surface area contributed by atoms with Crippen LogP contribution in [0.3, 0.4) is 0 Å². The molecule has 0 aliphatic heterocycles. The minimum absolute atomic E-state index is 0.200. The number of nitrogens with zero attached hydrogens (tertiary/aromatic N) is 1. The van der Waals surface area contributed by atoms with Crippen molar-refractivity contribution in [1.29, 1.82) is 0 Å². The summed E-state index contributed by atoms with van der Waals surface area (Å²) in [4.78, 5) is 29.0. The summed E-state index contributed by atoms with van der Waals surface area (Å²) in [5.74, 6) is -2.13. The average molecular weight is 364 g/mol. The Kier molecular flexibility index (Phi) is 5.27. The molecule has 134 valence electrons. The molecule has 5 nitrogen and oxygen atoms in total. The van der Waals surface area contributed by atoms with Gasteiger partial charge in [0, 0.05) is 5.41 Å². The molecular weight excluding hydrogens is 343 g/mol. The Labute approximate surface area is 149 Å². The minimum Gasteiger partial charge on any atom is -0.479 e. The van der Waals surface area contributed by atoms with E-state index < -0.39 is 23.7 Å². The maximum absolute atomic E-state index is 13.4. The molecule has 1 atom stereocenters. The quantitative estimate of drug-likeness (QED) is 0.866. The molecule has 0 fully saturated rings. The zero-order chi connectivity index (χ0) is 18.9. The molecular formula is C18H21FN2O3S. The zero-order valence-corrected chi connectivity index (χ0v) is 15.6. The maximum Gasteiger partial charge on any atom is 0.330 e. The third-order valence-corrected chi connectivity index (χ3v) is 5.26. The third kappa shape index (κ3) is 4.22. The molecule has 2 aromatic rings. The van der Waals surface area contributed by atoms with Crippen LogP contribution >= 0.6 is 11.3 Å². The molecule has 1 aromatic heterocycles. The predicted molar refractivity (Wildman–Crippen MR) is 94.5 cm³/mol. The Morgan fingerprint density at radius 2 is 1.92 bits per heavy atom.